The third kappa shape index (κ3) is 5.20. The van der Waals surface area contributed by atoms with Crippen molar-refractivity contribution in [2.75, 3.05) is 32.7 Å². The van der Waals surface area contributed by atoms with E-state index in [0.29, 0.717) is 12.5 Å². The van der Waals surface area contributed by atoms with E-state index in [1.807, 2.05) is 10.8 Å². The summed E-state index contributed by atoms with van der Waals surface area (Å²) in [5.74, 6) is 1.20. The van der Waals surface area contributed by atoms with Crippen molar-refractivity contribution >= 4 is 0 Å². The van der Waals surface area contributed by atoms with E-state index in [4.69, 9.17) is 0 Å². The SMILES string of the molecule is C=CCN1CCN(C(CC(C)C)c2nnnn2Cc2ccc(F)cc2)CC1. The van der Waals surface area contributed by atoms with Crippen molar-refractivity contribution in [1.29, 1.82) is 0 Å². The molecule has 0 radical (unpaired) electrons. The molecule has 6 nitrogen and oxygen atoms in total. The maximum absolute atomic E-state index is 13.2. The van der Waals surface area contributed by atoms with Gasteiger partial charge in [0.2, 0.25) is 0 Å². The van der Waals surface area contributed by atoms with Crippen molar-refractivity contribution in [2.45, 2.75) is 32.9 Å². The van der Waals surface area contributed by atoms with Gasteiger partial charge in [-0.05, 0) is 40.5 Å². The van der Waals surface area contributed by atoms with Crippen LogP contribution in [0.25, 0.3) is 0 Å². The summed E-state index contributed by atoms with van der Waals surface area (Å²) in [6, 6.07) is 6.71. The number of aromatic nitrogens is 4. The highest BCUT2D eigenvalue weighted by Crippen LogP contribution is 2.27. The van der Waals surface area contributed by atoms with Crippen LogP contribution in [0.2, 0.25) is 0 Å². The third-order valence-electron chi connectivity index (χ3n) is 5.03. The number of hydrogen-bond acceptors (Lipinski definition) is 5. The highest BCUT2D eigenvalue weighted by Gasteiger charge is 2.29. The molecule has 0 saturated carbocycles. The van der Waals surface area contributed by atoms with Crippen LogP contribution in [0.15, 0.2) is 36.9 Å². The summed E-state index contributed by atoms with van der Waals surface area (Å²) < 4.78 is 15.0. The summed E-state index contributed by atoms with van der Waals surface area (Å²) >= 11 is 0. The summed E-state index contributed by atoms with van der Waals surface area (Å²) in [6.07, 6.45) is 2.97. The number of halogens is 1. The Hall–Kier alpha value is -2.12. The van der Waals surface area contributed by atoms with Crippen molar-refractivity contribution in [3.05, 3.63) is 54.1 Å². The fraction of sp³-hybridized carbons (Fsp3) is 0.550. The molecule has 0 bridgehead atoms. The van der Waals surface area contributed by atoms with Gasteiger partial charge in [-0.1, -0.05) is 32.1 Å². The number of hydrogen-bond donors (Lipinski definition) is 0. The Morgan fingerprint density at radius 3 is 2.48 bits per heavy atom. The first kappa shape index (κ1) is 19.6. The standard InChI is InChI=1S/C20H29FN6/c1-4-9-25-10-12-26(13-11-25)19(14-16(2)3)20-22-23-24-27(20)15-17-5-7-18(21)8-6-17/h4-8,16,19H,1,9-15H2,2-3H3. The van der Waals surface area contributed by atoms with Crippen LogP contribution >= 0.6 is 0 Å². The van der Waals surface area contributed by atoms with Gasteiger partial charge in [0.05, 0.1) is 12.6 Å². The zero-order chi connectivity index (χ0) is 19.2. The fourth-order valence-corrected chi connectivity index (χ4v) is 3.63. The van der Waals surface area contributed by atoms with Crippen molar-refractivity contribution in [3.63, 3.8) is 0 Å². The molecule has 0 aliphatic carbocycles. The van der Waals surface area contributed by atoms with Gasteiger partial charge < -0.3 is 0 Å². The summed E-state index contributed by atoms with van der Waals surface area (Å²) in [4.78, 5) is 4.91. The normalized spacial score (nSPS) is 17.3. The van der Waals surface area contributed by atoms with Crippen LogP contribution in [0.5, 0.6) is 0 Å². The zero-order valence-electron chi connectivity index (χ0n) is 16.3. The van der Waals surface area contributed by atoms with Gasteiger partial charge in [0.15, 0.2) is 5.82 Å². The minimum Gasteiger partial charge on any atom is -0.297 e. The average molecular weight is 372 g/mol. The molecule has 0 N–H and O–H groups in total. The summed E-state index contributed by atoms with van der Waals surface area (Å²) in [5.41, 5.74) is 0.990. The second kappa shape index (κ2) is 9.19. The third-order valence-corrected chi connectivity index (χ3v) is 5.03. The van der Waals surface area contributed by atoms with Crippen LogP contribution in [-0.2, 0) is 6.54 Å². The minimum atomic E-state index is -0.231. The topological polar surface area (TPSA) is 50.1 Å². The molecule has 1 fully saturated rings. The average Bonchev–Trinajstić information content (AvgIpc) is 3.10. The quantitative estimate of drug-likeness (QED) is 0.667. The van der Waals surface area contributed by atoms with Crippen LogP contribution in [0.3, 0.4) is 0 Å². The van der Waals surface area contributed by atoms with Crippen molar-refractivity contribution in [3.8, 4) is 0 Å². The molecular weight excluding hydrogens is 343 g/mol. The summed E-state index contributed by atoms with van der Waals surface area (Å²) in [5, 5.41) is 12.5. The fourth-order valence-electron chi connectivity index (χ4n) is 3.63. The maximum Gasteiger partial charge on any atom is 0.168 e. The van der Waals surface area contributed by atoms with Gasteiger partial charge in [-0.15, -0.1) is 11.7 Å². The van der Waals surface area contributed by atoms with Crippen molar-refractivity contribution in [2.24, 2.45) is 5.92 Å². The number of piperazine rings is 1. The predicted octanol–water partition coefficient (Wildman–Crippen LogP) is 2.75. The molecule has 1 saturated heterocycles. The number of tetrazole rings is 1. The highest BCUT2D eigenvalue weighted by molar-refractivity contribution is 5.16. The molecule has 2 heterocycles. The minimum absolute atomic E-state index is 0.186. The first-order chi connectivity index (χ1) is 13.1. The van der Waals surface area contributed by atoms with E-state index in [9.17, 15) is 4.39 Å². The van der Waals surface area contributed by atoms with Gasteiger partial charge in [-0.2, -0.15) is 0 Å². The Balaban J connectivity index is 1.76. The Morgan fingerprint density at radius 2 is 1.85 bits per heavy atom. The zero-order valence-corrected chi connectivity index (χ0v) is 16.3. The lowest BCUT2D eigenvalue weighted by molar-refractivity contribution is 0.0865. The van der Waals surface area contributed by atoms with Gasteiger partial charge in [0.25, 0.3) is 0 Å². The van der Waals surface area contributed by atoms with E-state index in [1.165, 1.54) is 12.1 Å². The summed E-state index contributed by atoms with van der Waals surface area (Å²) in [7, 11) is 0. The number of benzene rings is 1. The molecule has 0 amide bonds. The largest absolute Gasteiger partial charge is 0.297 e. The maximum atomic E-state index is 13.2. The molecule has 1 aliphatic heterocycles. The van der Waals surface area contributed by atoms with Gasteiger partial charge >= 0.3 is 0 Å². The van der Waals surface area contributed by atoms with E-state index in [-0.39, 0.29) is 11.9 Å². The molecule has 1 atom stereocenters. The first-order valence-corrected chi connectivity index (χ1v) is 9.64. The lowest BCUT2D eigenvalue weighted by Crippen LogP contribution is -2.48. The van der Waals surface area contributed by atoms with Crippen LogP contribution in [0.4, 0.5) is 4.39 Å². The van der Waals surface area contributed by atoms with Gasteiger partial charge in [-0.3, -0.25) is 9.80 Å². The van der Waals surface area contributed by atoms with E-state index >= 15 is 0 Å². The van der Waals surface area contributed by atoms with Crippen molar-refractivity contribution in [1.82, 2.24) is 30.0 Å². The molecule has 27 heavy (non-hydrogen) atoms. The molecular formula is C20H29FN6. The van der Waals surface area contributed by atoms with Gasteiger partial charge in [0, 0.05) is 32.7 Å². The second-order valence-corrected chi connectivity index (χ2v) is 7.59. The lowest BCUT2D eigenvalue weighted by atomic mass is 10.0. The van der Waals surface area contributed by atoms with Gasteiger partial charge in [0.1, 0.15) is 5.82 Å². The highest BCUT2D eigenvalue weighted by atomic mass is 19.1. The van der Waals surface area contributed by atoms with E-state index in [0.717, 1.165) is 50.5 Å². The Morgan fingerprint density at radius 1 is 1.15 bits per heavy atom. The molecule has 146 valence electrons. The monoisotopic (exact) mass is 372 g/mol. The lowest BCUT2D eigenvalue weighted by Gasteiger charge is -2.39. The first-order valence-electron chi connectivity index (χ1n) is 9.64. The van der Waals surface area contributed by atoms with E-state index in [2.05, 4.69) is 45.8 Å². The van der Waals surface area contributed by atoms with Crippen LogP contribution in [0, 0.1) is 11.7 Å². The van der Waals surface area contributed by atoms with Crippen LogP contribution < -0.4 is 0 Å². The molecule has 1 unspecified atom stereocenters. The molecule has 7 heteroatoms. The smallest absolute Gasteiger partial charge is 0.168 e. The molecule has 1 aromatic heterocycles. The van der Waals surface area contributed by atoms with Gasteiger partial charge in [-0.25, -0.2) is 9.07 Å². The number of nitrogens with zero attached hydrogens (tertiary/aromatic N) is 6. The van der Waals surface area contributed by atoms with Crippen LogP contribution in [-0.4, -0.2) is 62.7 Å². The summed E-state index contributed by atoms with van der Waals surface area (Å²) in [6.45, 7) is 13.8. The van der Waals surface area contributed by atoms with E-state index < -0.39 is 0 Å². The molecule has 1 aromatic carbocycles. The predicted molar refractivity (Wildman–Crippen MR) is 104 cm³/mol. The Labute approximate surface area is 160 Å². The van der Waals surface area contributed by atoms with Crippen molar-refractivity contribution < 1.29 is 4.39 Å². The molecule has 1 aliphatic rings. The Kier molecular flexibility index (Phi) is 6.68. The van der Waals surface area contributed by atoms with E-state index in [1.54, 1.807) is 12.1 Å². The van der Waals surface area contributed by atoms with Crippen LogP contribution in [0.1, 0.15) is 37.7 Å². The molecule has 3 rings (SSSR count). The Bertz CT molecular complexity index is 718. The molecule has 2 aromatic rings. The number of rotatable bonds is 8. The molecule has 0 spiro atoms. The second-order valence-electron chi connectivity index (χ2n) is 7.59.